The normalized spacial score (nSPS) is 11.0. The second kappa shape index (κ2) is 7.69. The Morgan fingerprint density at radius 3 is 2.35 bits per heavy atom. The van der Waals surface area contributed by atoms with Gasteiger partial charge in [-0.05, 0) is 49.0 Å². The minimum absolute atomic E-state index is 0.236. The van der Waals surface area contributed by atoms with E-state index < -0.39 is 0 Å². The van der Waals surface area contributed by atoms with Gasteiger partial charge in [-0.25, -0.2) is 4.39 Å². The molecule has 0 atom stereocenters. The van der Waals surface area contributed by atoms with Crippen LogP contribution in [0.15, 0.2) is 53.6 Å². The van der Waals surface area contributed by atoms with Crippen molar-refractivity contribution in [2.24, 2.45) is 5.10 Å². The lowest BCUT2D eigenvalue weighted by molar-refractivity contribution is 0.632. The molecule has 0 bridgehead atoms. The summed E-state index contributed by atoms with van der Waals surface area (Å²) in [5.74, 6) is -0.364. The molecule has 0 saturated carbocycles. The maximum absolute atomic E-state index is 13.5. The van der Waals surface area contributed by atoms with Crippen LogP contribution in [0.3, 0.4) is 0 Å². The summed E-state index contributed by atoms with van der Waals surface area (Å²) in [7, 11) is 3.98. The highest BCUT2D eigenvalue weighted by molar-refractivity contribution is 7.80. The molecule has 6 heteroatoms. The Kier molecular flexibility index (Phi) is 5.65. The molecule has 0 spiro atoms. The summed E-state index contributed by atoms with van der Waals surface area (Å²) in [6.07, 6.45) is 0. The summed E-state index contributed by atoms with van der Waals surface area (Å²) in [5.41, 5.74) is 5.92. The van der Waals surface area contributed by atoms with Crippen LogP contribution in [0.4, 0.5) is 15.8 Å². The molecule has 0 aromatic heterocycles. The molecular formula is C17H19FN4S. The SMILES string of the molecule is C/C(=N/NC(=S)Nc1ccccc1F)c1ccc(N(C)C)cc1. The number of halogens is 1. The van der Waals surface area contributed by atoms with Crippen molar-refractivity contribution >= 4 is 34.4 Å². The van der Waals surface area contributed by atoms with Gasteiger partial charge in [-0.1, -0.05) is 24.3 Å². The summed E-state index contributed by atoms with van der Waals surface area (Å²) in [6.45, 7) is 1.88. The number of nitrogens with zero attached hydrogens (tertiary/aromatic N) is 2. The average Bonchev–Trinajstić information content (AvgIpc) is 2.55. The van der Waals surface area contributed by atoms with Crippen LogP contribution in [-0.2, 0) is 0 Å². The Morgan fingerprint density at radius 1 is 1.09 bits per heavy atom. The Hall–Kier alpha value is -2.47. The first-order valence-electron chi connectivity index (χ1n) is 7.11. The van der Waals surface area contributed by atoms with E-state index in [-0.39, 0.29) is 10.9 Å². The highest BCUT2D eigenvalue weighted by Crippen LogP contribution is 2.13. The predicted octanol–water partition coefficient (Wildman–Crippen LogP) is 3.60. The number of rotatable bonds is 4. The summed E-state index contributed by atoms with van der Waals surface area (Å²) in [5, 5.41) is 7.23. The Bertz CT molecular complexity index is 711. The topological polar surface area (TPSA) is 39.7 Å². The van der Waals surface area contributed by atoms with Gasteiger partial charge in [-0.15, -0.1) is 0 Å². The van der Waals surface area contributed by atoms with Gasteiger partial charge in [-0.2, -0.15) is 5.10 Å². The Balaban J connectivity index is 1.98. The van der Waals surface area contributed by atoms with Crippen molar-refractivity contribution in [1.82, 2.24) is 5.43 Å². The fourth-order valence-corrected chi connectivity index (χ4v) is 2.07. The van der Waals surface area contributed by atoms with E-state index in [2.05, 4.69) is 15.8 Å². The second-order valence-corrected chi connectivity index (χ2v) is 5.59. The van der Waals surface area contributed by atoms with E-state index in [1.165, 1.54) is 6.07 Å². The molecular weight excluding hydrogens is 311 g/mol. The maximum Gasteiger partial charge on any atom is 0.191 e. The van der Waals surface area contributed by atoms with E-state index in [1.807, 2.05) is 50.2 Å². The van der Waals surface area contributed by atoms with Gasteiger partial charge in [0.05, 0.1) is 11.4 Å². The highest BCUT2D eigenvalue weighted by Gasteiger charge is 2.03. The molecule has 0 aliphatic heterocycles. The molecule has 2 aromatic carbocycles. The zero-order valence-corrected chi connectivity index (χ0v) is 14.1. The molecule has 0 amide bonds. The molecule has 0 aliphatic carbocycles. The van der Waals surface area contributed by atoms with Crippen LogP contribution < -0.4 is 15.6 Å². The van der Waals surface area contributed by atoms with Crippen molar-refractivity contribution in [2.45, 2.75) is 6.92 Å². The van der Waals surface area contributed by atoms with E-state index in [0.29, 0.717) is 5.69 Å². The molecule has 2 aromatic rings. The van der Waals surface area contributed by atoms with Crippen molar-refractivity contribution in [3.63, 3.8) is 0 Å². The first-order valence-corrected chi connectivity index (χ1v) is 7.52. The van der Waals surface area contributed by atoms with Crippen LogP contribution in [0.2, 0.25) is 0 Å². The van der Waals surface area contributed by atoms with Gasteiger partial charge >= 0.3 is 0 Å². The Labute approximate surface area is 141 Å². The highest BCUT2D eigenvalue weighted by atomic mass is 32.1. The molecule has 4 nitrogen and oxygen atoms in total. The summed E-state index contributed by atoms with van der Waals surface area (Å²) in [4.78, 5) is 2.03. The van der Waals surface area contributed by atoms with Crippen LogP contribution in [0, 0.1) is 5.82 Å². The number of para-hydroxylation sites is 1. The Morgan fingerprint density at radius 2 is 1.74 bits per heavy atom. The maximum atomic E-state index is 13.5. The van der Waals surface area contributed by atoms with E-state index >= 15 is 0 Å². The molecule has 23 heavy (non-hydrogen) atoms. The second-order valence-electron chi connectivity index (χ2n) is 5.18. The van der Waals surface area contributed by atoms with Gasteiger partial charge in [0, 0.05) is 19.8 Å². The lowest BCUT2D eigenvalue weighted by atomic mass is 10.1. The average molecular weight is 330 g/mol. The summed E-state index contributed by atoms with van der Waals surface area (Å²) in [6, 6.07) is 14.3. The molecule has 120 valence electrons. The van der Waals surface area contributed by atoms with E-state index in [1.54, 1.807) is 18.2 Å². The molecule has 2 rings (SSSR count). The quantitative estimate of drug-likeness (QED) is 0.510. The van der Waals surface area contributed by atoms with Crippen molar-refractivity contribution in [3.05, 3.63) is 59.9 Å². The monoisotopic (exact) mass is 330 g/mol. The van der Waals surface area contributed by atoms with Gasteiger partial charge < -0.3 is 10.2 Å². The summed E-state index contributed by atoms with van der Waals surface area (Å²) >= 11 is 5.12. The molecule has 2 N–H and O–H groups in total. The predicted molar refractivity (Wildman–Crippen MR) is 98.7 cm³/mol. The third-order valence-electron chi connectivity index (χ3n) is 3.25. The minimum atomic E-state index is -0.364. The number of hydrogen-bond acceptors (Lipinski definition) is 3. The molecule has 0 unspecified atom stereocenters. The molecule has 0 aliphatic rings. The molecule has 0 heterocycles. The van der Waals surface area contributed by atoms with Crippen molar-refractivity contribution in [2.75, 3.05) is 24.3 Å². The van der Waals surface area contributed by atoms with E-state index in [9.17, 15) is 4.39 Å². The smallest absolute Gasteiger partial charge is 0.191 e. The number of hydrogen-bond donors (Lipinski definition) is 2. The fraction of sp³-hybridized carbons (Fsp3) is 0.176. The molecule has 0 fully saturated rings. The summed E-state index contributed by atoms with van der Waals surface area (Å²) < 4.78 is 13.5. The van der Waals surface area contributed by atoms with Crippen LogP contribution in [0.5, 0.6) is 0 Å². The lowest BCUT2D eigenvalue weighted by Crippen LogP contribution is -2.25. The number of thiocarbonyl (C=S) groups is 1. The van der Waals surface area contributed by atoms with Crippen molar-refractivity contribution in [3.8, 4) is 0 Å². The number of benzene rings is 2. The van der Waals surface area contributed by atoms with Crippen LogP contribution in [0.25, 0.3) is 0 Å². The van der Waals surface area contributed by atoms with Crippen molar-refractivity contribution in [1.29, 1.82) is 0 Å². The third kappa shape index (κ3) is 4.75. The first-order chi connectivity index (χ1) is 11.0. The van der Waals surface area contributed by atoms with Gasteiger partial charge in [0.15, 0.2) is 5.11 Å². The van der Waals surface area contributed by atoms with Crippen LogP contribution in [0.1, 0.15) is 12.5 Å². The zero-order chi connectivity index (χ0) is 16.8. The van der Waals surface area contributed by atoms with Gasteiger partial charge in [0.25, 0.3) is 0 Å². The van der Waals surface area contributed by atoms with Gasteiger partial charge in [-0.3, -0.25) is 5.43 Å². The number of anilines is 2. The van der Waals surface area contributed by atoms with Gasteiger partial charge in [0.1, 0.15) is 5.82 Å². The third-order valence-corrected chi connectivity index (χ3v) is 3.44. The number of hydrazone groups is 1. The lowest BCUT2D eigenvalue weighted by Gasteiger charge is -2.13. The van der Waals surface area contributed by atoms with E-state index in [4.69, 9.17) is 12.2 Å². The van der Waals surface area contributed by atoms with Crippen LogP contribution in [-0.4, -0.2) is 24.9 Å². The van der Waals surface area contributed by atoms with Crippen molar-refractivity contribution < 1.29 is 4.39 Å². The van der Waals surface area contributed by atoms with E-state index in [0.717, 1.165) is 17.0 Å². The first kappa shape index (κ1) is 16.9. The standard InChI is InChI=1S/C17H19FN4S/c1-12(13-8-10-14(11-9-13)22(2)3)20-21-17(23)19-16-7-5-4-6-15(16)18/h4-11H,1-3H3,(H2,19,21,23)/b20-12-. The largest absolute Gasteiger partial charge is 0.378 e. The fourth-order valence-electron chi connectivity index (χ4n) is 1.91. The van der Waals surface area contributed by atoms with Crippen LogP contribution >= 0.6 is 12.2 Å². The minimum Gasteiger partial charge on any atom is -0.378 e. The molecule has 0 saturated heterocycles. The zero-order valence-electron chi connectivity index (χ0n) is 13.3. The number of nitrogens with one attached hydrogen (secondary N) is 2. The van der Waals surface area contributed by atoms with Gasteiger partial charge in [0.2, 0.25) is 0 Å². The molecule has 0 radical (unpaired) electrons.